The van der Waals surface area contributed by atoms with E-state index in [9.17, 15) is 13.8 Å². The van der Waals surface area contributed by atoms with E-state index in [-0.39, 0.29) is 24.2 Å². The summed E-state index contributed by atoms with van der Waals surface area (Å²) in [4.78, 5) is 24.2. The zero-order valence-corrected chi connectivity index (χ0v) is 20.0. The van der Waals surface area contributed by atoms with Crippen molar-refractivity contribution in [2.75, 3.05) is 24.9 Å². The molecule has 0 bridgehead atoms. The molecule has 0 saturated carbocycles. The molecule has 0 saturated heterocycles. The van der Waals surface area contributed by atoms with E-state index in [4.69, 9.17) is 24.5 Å². The predicted molar refractivity (Wildman–Crippen MR) is 124 cm³/mol. The highest BCUT2D eigenvalue weighted by Crippen LogP contribution is 2.49. The minimum absolute atomic E-state index is 0.134. The first-order valence-electron chi connectivity index (χ1n) is 10.9. The number of carbonyl (C=O) groups is 1. The van der Waals surface area contributed by atoms with Crippen molar-refractivity contribution in [3.05, 3.63) is 54.9 Å². The van der Waals surface area contributed by atoms with Crippen LogP contribution in [0.2, 0.25) is 0 Å². The van der Waals surface area contributed by atoms with Crippen LogP contribution in [0.5, 0.6) is 5.75 Å². The van der Waals surface area contributed by atoms with Gasteiger partial charge in [0, 0.05) is 6.08 Å². The first-order chi connectivity index (χ1) is 16.8. The van der Waals surface area contributed by atoms with Crippen molar-refractivity contribution in [2.45, 2.75) is 26.4 Å². The third-order valence-electron chi connectivity index (χ3n) is 5.13. The molecule has 0 spiro atoms. The summed E-state index contributed by atoms with van der Waals surface area (Å²) in [6.07, 6.45) is 0.762. The third-order valence-corrected chi connectivity index (χ3v) is 7.32. The van der Waals surface area contributed by atoms with Gasteiger partial charge >= 0.3 is 5.97 Å². The molecule has 2 aromatic heterocycles. The molecule has 4 atom stereocenters. The molecule has 4 rings (SSSR count). The molecular formula is C22H25FN5O6P. The van der Waals surface area contributed by atoms with Gasteiger partial charge in [-0.2, -0.15) is 0 Å². The molecule has 0 unspecified atom stereocenters. The Morgan fingerprint density at radius 2 is 2.06 bits per heavy atom. The number of nitrogens with two attached hydrogens (primary N) is 1. The molecular weight excluding hydrogens is 480 g/mol. The lowest BCUT2D eigenvalue weighted by Crippen LogP contribution is -2.22. The zero-order valence-electron chi connectivity index (χ0n) is 19.1. The molecule has 3 aromatic rings. The summed E-state index contributed by atoms with van der Waals surface area (Å²) in [7, 11) is -3.58. The second-order valence-electron chi connectivity index (χ2n) is 7.84. The largest absolute Gasteiger partial charge is 0.466 e. The van der Waals surface area contributed by atoms with Gasteiger partial charge in [-0.3, -0.25) is 13.9 Å². The maximum Gasteiger partial charge on any atom is 0.309 e. The van der Waals surface area contributed by atoms with Gasteiger partial charge < -0.3 is 24.5 Å². The number of ether oxygens (including phenoxy) is 3. The zero-order chi connectivity index (χ0) is 25.0. The number of aromatic nitrogens is 4. The number of nitrogens with zero attached hydrogens (tertiary/aromatic N) is 4. The average Bonchev–Trinajstić information content (AvgIpc) is 3.42. The fraction of sp³-hybridized carbons (Fsp3) is 0.364. The number of rotatable bonds is 10. The molecule has 0 radical (unpaired) electrons. The number of imidazole rings is 1. The molecule has 1 aromatic carbocycles. The Balaban J connectivity index is 1.47. The molecule has 186 valence electrons. The Bertz CT molecular complexity index is 1270. The lowest BCUT2D eigenvalue weighted by molar-refractivity contribution is -0.146. The number of hydrogen-bond acceptors (Lipinski definition) is 10. The fourth-order valence-electron chi connectivity index (χ4n) is 3.52. The number of esters is 1. The smallest absolute Gasteiger partial charge is 0.309 e. The number of nitrogen functional groups attached to an aromatic ring is 1. The number of fused-ring (bicyclic) bond motifs is 1. The van der Waals surface area contributed by atoms with Gasteiger partial charge in [-0.25, -0.2) is 19.3 Å². The van der Waals surface area contributed by atoms with E-state index >= 15 is 0 Å². The summed E-state index contributed by atoms with van der Waals surface area (Å²) in [6, 6.07) is 8.52. The van der Waals surface area contributed by atoms with Gasteiger partial charge in [0.15, 0.2) is 29.8 Å². The number of anilines is 1. The summed E-state index contributed by atoms with van der Waals surface area (Å²) in [5.74, 6) is -1.35. The lowest BCUT2D eigenvalue weighted by atomic mass is 10.2. The van der Waals surface area contributed by atoms with Gasteiger partial charge in [0.1, 0.15) is 23.9 Å². The number of para-hydroxylation sites is 1. The van der Waals surface area contributed by atoms with Gasteiger partial charge in [-0.15, -0.1) is 0 Å². The quantitative estimate of drug-likeness (QED) is 0.321. The molecule has 11 nitrogen and oxygen atoms in total. The maximum absolute atomic E-state index is 14.8. The third kappa shape index (κ3) is 5.67. The van der Waals surface area contributed by atoms with Crippen molar-refractivity contribution < 1.29 is 32.5 Å². The van der Waals surface area contributed by atoms with Gasteiger partial charge in [-0.05, 0) is 19.1 Å². The summed E-state index contributed by atoms with van der Waals surface area (Å²) in [5, 5.41) is 0. The van der Waals surface area contributed by atoms with Crippen LogP contribution in [-0.2, 0) is 23.6 Å². The molecule has 1 aliphatic rings. The monoisotopic (exact) mass is 505 g/mol. The van der Waals surface area contributed by atoms with Crippen LogP contribution in [0.1, 0.15) is 20.1 Å². The highest BCUT2D eigenvalue weighted by Gasteiger charge is 2.36. The van der Waals surface area contributed by atoms with E-state index in [1.807, 2.05) is 0 Å². The maximum atomic E-state index is 14.8. The van der Waals surface area contributed by atoms with Crippen LogP contribution in [0.15, 0.2) is 54.9 Å². The van der Waals surface area contributed by atoms with Gasteiger partial charge in [0.2, 0.25) is 0 Å². The van der Waals surface area contributed by atoms with E-state index in [2.05, 4.69) is 15.0 Å². The number of carbonyl (C=O) groups excluding carboxylic acids is 1. The van der Waals surface area contributed by atoms with E-state index in [0.29, 0.717) is 11.3 Å². The standard InChI is InChI=1S/C22H25FN5O6P/c1-3-31-22(29)14(2)10-35(30,34-15-7-5-4-6-8-15)13-32-17-9-16(23)21(33-17)28-12-27-18-19(24)25-11-26-20(18)28/h4-9,11-12,14,17,21H,3,10,13H2,1-2H3,(H2,24,25,26)/t14-,17+,21-,35-/m1/s1. The number of halogens is 1. The van der Waals surface area contributed by atoms with Gasteiger partial charge in [-0.1, -0.05) is 25.1 Å². The Morgan fingerprint density at radius 1 is 1.29 bits per heavy atom. The number of benzene rings is 1. The fourth-order valence-corrected chi connectivity index (χ4v) is 5.62. The van der Waals surface area contributed by atoms with Crippen molar-refractivity contribution in [1.29, 1.82) is 0 Å². The molecule has 3 heterocycles. The minimum Gasteiger partial charge on any atom is -0.466 e. The molecule has 13 heteroatoms. The molecule has 1 aliphatic heterocycles. The Labute approximate surface area is 200 Å². The van der Waals surface area contributed by atoms with Crippen LogP contribution in [0.25, 0.3) is 11.2 Å². The highest BCUT2D eigenvalue weighted by atomic mass is 31.2. The van der Waals surface area contributed by atoms with E-state index in [1.165, 1.54) is 17.2 Å². The molecule has 35 heavy (non-hydrogen) atoms. The van der Waals surface area contributed by atoms with Crippen molar-refractivity contribution in [1.82, 2.24) is 19.5 Å². The van der Waals surface area contributed by atoms with Crippen LogP contribution in [0, 0.1) is 5.92 Å². The first-order valence-corrected chi connectivity index (χ1v) is 12.9. The highest BCUT2D eigenvalue weighted by molar-refractivity contribution is 7.59. The Hall–Kier alpha value is -3.34. The van der Waals surface area contributed by atoms with E-state index in [1.54, 1.807) is 44.2 Å². The molecule has 0 aliphatic carbocycles. The molecule has 0 fully saturated rings. The van der Waals surface area contributed by atoms with Gasteiger partial charge in [0.25, 0.3) is 7.37 Å². The number of hydrogen-bond donors (Lipinski definition) is 1. The topological polar surface area (TPSA) is 141 Å². The van der Waals surface area contributed by atoms with E-state index in [0.717, 1.165) is 6.08 Å². The predicted octanol–water partition coefficient (Wildman–Crippen LogP) is 3.65. The summed E-state index contributed by atoms with van der Waals surface area (Å²) in [5.41, 5.74) is 6.38. The van der Waals surface area contributed by atoms with Gasteiger partial charge in [0.05, 0.1) is 25.0 Å². The van der Waals surface area contributed by atoms with Crippen molar-refractivity contribution >= 4 is 30.3 Å². The normalized spacial score (nSPS) is 20.3. The van der Waals surface area contributed by atoms with Crippen LogP contribution < -0.4 is 10.3 Å². The first kappa shape index (κ1) is 24.8. The molecule has 0 amide bonds. The van der Waals surface area contributed by atoms with Crippen molar-refractivity contribution in [2.24, 2.45) is 5.92 Å². The lowest BCUT2D eigenvalue weighted by Gasteiger charge is -2.23. The second-order valence-corrected chi connectivity index (χ2v) is 10.3. The van der Waals surface area contributed by atoms with Crippen molar-refractivity contribution in [3.63, 3.8) is 0 Å². The Kier molecular flexibility index (Phi) is 7.44. The van der Waals surface area contributed by atoms with Crippen LogP contribution >= 0.6 is 7.37 Å². The summed E-state index contributed by atoms with van der Waals surface area (Å²) < 4.78 is 51.9. The second kappa shape index (κ2) is 10.5. The van der Waals surface area contributed by atoms with Crippen LogP contribution in [0.3, 0.4) is 0 Å². The summed E-state index contributed by atoms with van der Waals surface area (Å²) >= 11 is 0. The Morgan fingerprint density at radius 3 is 2.80 bits per heavy atom. The van der Waals surface area contributed by atoms with Crippen molar-refractivity contribution in [3.8, 4) is 5.75 Å². The minimum atomic E-state index is -3.58. The van der Waals surface area contributed by atoms with Crippen LogP contribution in [-0.4, -0.2) is 50.9 Å². The van der Waals surface area contributed by atoms with Crippen LogP contribution in [0.4, 0.5) is 10.2 Å². The average molecular weight is 505 g/mol. The summed E-state index contributed by atoms with van der Waals surface area (Å²) in [6.45, 7) is 3.48. The van der Waals surface area contributed by atoms with E-state index < -0.39 is 43.9 Å². The SMILES string of the molecule is CCOC(=O)[C@H](C)C[P@](=O)(CO[C@@H]1C=C(F)[C@H](n2cnc3c(N)ncnc32)O1)Oc1ccccc1. The molecule has 2 N–H and O–H groups in total.